The maximum Gasteiger partial charge on any atom is 0.223 e. The molecule has 3 aliphatic rings. The van der Waals surface area contributed by atoms with E-state index in [0.717, 1.165) is 11.8 Å². The number of anilines is 1. The zero-order chi connectivity index (χ0) is 14.4. The number of fused-ring (bicyclic) bond motifs is 5. The molecule has 112 valence electrons. The van der Waals surface area contributed by atoms with E-state index in [2.05, 4.69) is 5.32 Å². The van der Waals surface area contributed by atoms with Crippen molar-refractivity contribution in [2.24, 2.45) is 29.6 Å². The Kier molecular flexibility index (Phi) is 3.05. The normalized spacial score (nSPS) is 35.3. The number of rotatable bonds is 5. The fraction of sp³-hybridized carbons (Fsp3) is 0.588. The van der Waals surface area contributed by atoms with Crippen molar-refractivity contribution in [3.8, 4) is 5.75 Å². The average Bonchev–Trinajstić information content (AvgIpc) is 2.93. The molecular weight excluding hydrogens is 264 g/mol. The summed E-state index contributed by atoms with van der Waals surface area (Å²) in [5.74, 6) is 4.33. The Morgan fingerprint density at radius 2 is 1.95 bits per heavy atom. The smallest absolute Gasteiger partial charge is 0.223 e. The minimum atomic E-state index is 0.242. The largest absolute Gasteiger partial charge is 0.490 e. The summed E-state index contributed by atoms with van der Waals surface area (Å²) in [6.45, 7) is 1.02. The molecule has 0 radical (unpaired) electrons. The molecule has 4 atom stereocenters. The number of para-hydroxylation sites is 2. The number of nitrogens with one attached hydrogen (secondary N) is 1. The Morgan fingerprint density at radius 1 is 1.24 bits per heavy atom. The van der Waals surface area contributed by atoms with E-state index in [4.69, 9.17) is 10.5 Å². The van der Waals surface area contributed by atoms with Crippen LogP contribution >= 0.6 is 0 Å². The van der Waals surface area contributed by atoms with Gasteiger partial charge in [0.2, 0.25) is 5.91 Å². The Morgan fingerprint density at radius 3 is 2.67 bits per heavy atom. The molecule has 0 aliphatic heterocycles. The van der Waals surface area contributed by atoms with Crippen molar-refractivity contribution in [2.75, 3.05) is 18.9 Å². The van der Waals surface area contributed by atoms with Gasteiger partial charge in [0.05, 0.1) is 12.2 Å². The third-order valence-corrected chi connectivity index (χ3v) is 5.62. The van der Waals surface area contributed by atoms with E-state index >= 15 is 0 Å². The molecule has 0 aromatic heterocycles. The third kappa shape index (κ3) is 2.17. The van der Waals surface area contributed by atoms with Gasteiger partial charge < -0.3 is 15.8 Å². The lowest BCUT2D eigenvalue weighted by Gasteiger charge is -2.11. The molecule has 1 aromatic rings. The Bertz CT molecular complexity index is 543. The van der Waals surface area contributed by atoms with Gasteiger partial charge in [0.25, 0.3) is 0 Å². The summed E-state index contributed by atoms with van der Waals surface area (Å²) >= 11 is 0. The molecule has 4 nitrogen and oxygen atoms in total. The summed E-state index contributed by atoms with van der Waals surface area (Å²) < 4.78 is 5.60. The molecule has 3 aliphatic carbocycles. The molecule has 21 heavy (non-hydrogen) atoms. The number of carbonyl (C=O) groups excluding carboxylic acids is 1. The maximum absolute atomic E-state index is 12.2. The number of hydrogen-bond acceptors (Lipinski definition) is 3. The first-order chi connectivity index (χ1) is 10.3. The van der Waals surface area contributed by atoms with E-state index in [9.17, 15) is 4.79 Å². The first-order valence-corrected chi connectivity index (χ1v) is 8.00. The molecule has 0 spiro atoms. The summed E-state index contributed by atoms with van der Waals surface area (Å²) in [7, 11) is 0. The lowest BCUT2D eigenvalue weighted by molar-refractivity contribution is -0.123. The fourth-order valence-electron chi connectivity index (χ4n) is 4.74. The molecule has 1 aromatic carbocycles. The van der Waals surface area contributed by atoms with Crippen molar-refractivity contribution < 1.29 is 9.53 Å². The Hall–Kier alpha value is -1.71. The lowest BCUT2D eigenvalue weighted by Crippen LogP contribution is -2.31. The van der Waals surface area contributed by atoms with E-state index in [1.165, 1.54) is 19.3 Å². The second-order valence-electron chi connectivity index (χ2n) is 6.69. The predicted molar refractivity (Wildman–Crippen MR) is 80.7 cm³/mol. The van der Waals surface area contributed by atoms with Crippen LogP contribution in [0, 0.1) is 29.6 Å². The average molecular weight is 286 g/mol. The number of amides is 1. The molecule has 1 amide bonds. The van der Waals surface area contributed by atoms with Crippen LogP contribution in [0.15, 0.2) is 24.3 Å². The molecule has 3 saturated carbocycles. The fourth-order valence-corrected chi connectivity index (χ4v) is 4.74. The number of nitrogen functional groups attached to an aromatic ring is 1. The highest BCUT2D eigenvalue weighted by molar-refractivity contribution is 5.82. The Labute approximate surface area is 125 Å². The van der Waals surface area contributed by atoms with Crippen LogP contribution in [-0.4, -0.2) is 19.1 Å². The second kappa shape index (κ2) is 4.93. The van der Waals surface area contributed by atoms with Gasteiger partial charge >= 0.3 is 0 Å². The van der Waals surface area contributed by atoms with E-state index in [-0.39, 0.29) is 5.91 Å². The zero-order valence-electron chi connectivity index (χ0n) is 12.1. The molecule has 0 heterocycles. The summed E-state index contributed by atoms with van der Waals surface area (Å²) in [6, 6.07) is 7.44. The molecule has 0 saturated heterocycles. The summed E-state index contributed by atoms with van der Waals surface area (Å²) in [4.78, 5) is 12.2. The molecule has 4 heteroatoms. The van der Waals surface area contributed by atoms with Gasteiger partial charge in [0.15, 0.2) is 0 Å². The quantitative estimate of drug-likeness (QED) is 0.643. The van der Waals surface area contributed by atoms with Gasteiger partial charge in [-0.15, -0.1) is 0 Å². The van der Waals surface area contributed by atoms with Crippen LogP contribution in [0.4, 0.5) is 5.69 Å². The number of carbonyl (C=O) groups is 1. The highest BCUT2D eigenvalue weighted by Crippen LogP contribution is 2.69. The van der Waals surface area contributed by atoms with Gasteiger partial charge in [-0.2, -0.15) is 0 Å². The van der Waals surface area contributed by atoms with Crippen LogP contribution in [0.25, 0.3) is 0 Å². The van der Waals surface area contributed by atoms with E-state index < -0.39 is 0 Å². The van der Waals surface area contributed by atoms with E-state index in [1.54, 1.807) is 0 Å². The molecule has 4 unspecified atom stereocenters. The van der Waals surface area contributed by atoms with Gasteiger partial charge in [-0.25, -0.2) is 0 Å². The lowest BCUT2D eigenvalue weighted by atomic mass is 10.0. The molecule has 3 N–H and O–H groups in total. The van der Waals surface area contributed by atoms with Gasteiger partial charge in [-0.3, -0.25) is 4.79 Å². The SMILES string of the molecule is Nc1ccccc1OCCNC(=O)C1C2C3CCC(C3)C12. The summed E-state index contributed by atoms with van der Waals surface area (Å²) in [6.07, 6.45) is 4.09. The van der Waals surface area contributed by atoms with E-state index in [1.807, 2.05) is 24.3 Å². The van der Waals surface area contributed by atoms with Crippen molar-refractivity contribution >= 4 is 11.6 Å². The van der Waals surface area contributed by atoms with Gasteiger partial charge in [0.1, 0.15) is 12.4 Å². The second-order valence-corrected chi connectivity index (χ2v) is 6.69. The number of hydrogen-bond donors (Lipinski definition) is 2. The monoisotopic (exact) mass is 286 g/mol. The highest BCUT2D eigenvalue weighted by atomic mass is 16.5. The van der Waals surface area contributed by atoms with Crippen molar-refractivity contribution in [1.82, 2.24) is 5.32 Å². The standard InChI is InChI=1S/C17H22N2O2/c18-12-3-1-2-4-13(12)21-8-7-19-17(20)16-14-10-5-6-11(9-10)15(14)16/h1-4,10-11,14-16H,5-9,18H2,(H,19,20). The number of benzene rings is 1. The van der Waals surface area contributed by atoms with Crippen molar-refractivity contribution in [3.63, 3.8) is 0 Å². The van der Waals surface area contributed by atoms with Crippen LogP contribution in [0.2, 0.25) is 0 Å². The third-order valence-electron chi connectivity index (χ3n) is 5.62. The Balaban J connectivity index is 1.22. The molecule has 4 rings (SSSR count). The van der Waals surface area contributed by atoms with Crippen molar-refractivity contribution in [2.45, 2.75) is 19.3 Å². The molecule has 3 fully saturated rings. The number of ether oxygens (including phenoxy) is 1. The van der Waals surface area contributed by atoms with Crippen LogP contribution in [0.3, 0.4) is 0 Å². The predicted octanol–water partition coefficient (Wildman–Crippen LogP) is 2.06. The topological polar surface area (TPSA) is 64.3 Å². The maximum atomic E-state index is 12.2. The first-order valence-electron chi connectivity index (χ1n) is 8.00. The van der Waals surface area contributed by atoms with Crippen LogP contribution < -0.4 is 15.8 Å². The van der Waals surface area contributed by atoms with Crippen LogP contribution in [-0.2, 0) is 4.79 Å². The summed E-state index contributed by atoms with van der Waals surface area (Å²) in [5.41, 5.74) is 6.44. The highest BCUT2D eigenvalue weighted by Gasteiger charge is 2.67. The van der Waals surface area contributed by atoms with Gasteiger partial charge in [0, 0.05) is 5.92 Å². The number of nitrogens with two attached hydrogens (primary N) is 1. The van der Waals surface area contributed by atoms with E-state index in [0.29, 0.717) is 42.3 Å². The van der Waals surface area contributed by atoms with Crippen molar-refractivity contribution in [1.29, 1.82) is 0 Å². The summed E-state index contributed by atoms with van der Waals surface area (Å²) in [5, 5.41) is 3.03. The van der Waals surface area contributed by atoms with Gasteiger partial charge in [-0.1, -0.05) is 12.1 Å². The van der Waals surface area contributed by atoms with Gasteiger partial charge in [-0.05, 0) is 55.1 Å². The minimum absolute atomic E-state index is 0.242. The van der Waals surface area contributed by atoms with Crippen molar-refractivity contribution in [3.05, 3.63) is 24.3 Å². The first kappa shape index (κ1) is 13.0. The zero-order valence-corrected chi connectivity index (χ0v) is 12.1. The van der Waals surface area contributed by atoms with Crippen LogP contribution in [0.1, 0.15) is 19.3 Å². The molecular formula is C17H22N2O2. The molecule has 2 bridgehead atoms. The minimum Gasteiger partial charge on any atom is -0.490 e. The van der Waals surface area contributed by atoms with Crippen LogP contribution in [0.5, 0.6) is 5.75 Å².